The zero-order chi connectivity index (χ0) is 24.9. The van der Waals surface area contributed by atoms with Crippen molar-refractivity contribution in [3.63, 3.8) is 0 Å². The summed E-state index contributed by atoms with van der Waals surface area (Å²) in [5.74, 6) is -0.454. The van der Waals surface area contributed by atoms with E-state index < -0.39 is 9.84 Å². The van der Waals surface area contributed by atoms with Crippen LogP contribution in [0, 0.1) is 10.8 Å². The van der Waals surface area contributed by atoms with Crippen molar-refractivity contribution in [1.82, 2.24) is 20.4 Å². The van der Waals surface area contributed by atoms with Crippen LogP contribution in [0.25, 0.3) is 0 Å². The van der Waals surface area contributed by atoms with E-state index in [1.54, 1.807) is 0 Å². The number of aryl methyl sites for hydroxylation is 2. The van der Waals surface area contributed by atoms with Crippen molar-refractivity contribution < 1.29 is 18.0 Å². The molecule has 0 aliphatic rings. The van der Waals surface area contributed by atoms with Gasteiger partial charge in [-0.3, -0.25) is 9.59 Å². The molecule has 0 radical (unpaired) electrons. The van der Waals surface area contributed by atoms with Crippen molar-refractivity contribution in [2.75, 3.05) is 22.1 Å². The molecule has 2 rings (SSSR count). The van der Waals surface area contributed by atoms with E-state index >= 15 is 0 Å². The molecule has 0 aromatic carbocycles. The predicted octanol–water partition coefficient (Wildman–Crippen LogP) is 3.34. The van der Waals surface area contributed by atoms with Gasteiger partial charge in [-0.1, -0.05) is 64.2 Å². The molecule has 0 aliphatic carbocycles. The maximum Gasteiger partial charge on any atom is 0.226 e. The second-order valence-corrected chi connectivity index (χ2v) is 14.7. The Kier molecular flexibility index (Phi) is 9.05. The number of nitrogens with one attached hydrogen (secondary N) is 2. The van der Waals surface area contributed by atoms with Gasteiger partial charge >= 0.3 is 0 Å². The number of aromatic nitrogens is 4. The number of nitrogens with zero attached hydrogens (tertiary/aromatic N) is 4. The first kappa shape index (κ1) is 27.3. The van der Waals surface area contributed by atoms with Gasteiger partial charge in [-0.15, -0.1) is 20.4 Å². The Morgan fingerprint density at radius 3 is 1.42 bits per heavy atom. The molecule has 0 unspecified atom stereocenters. The monoisotopic (exact) mass is 516 g/mol. The first-order valence-electron chi connectivity index (χ1n) is 10.6. The van der Waals surface area contributed by atoms with Gasteiger partial charge in [0.25, 0.3) is 0 Å². The third-order valence-electron chi connectivity index (χ3n) is 4.06. The molecule has 0 atom stereocenters. The molecule has 33 heavy (non-hydrogen) atoms. The van der Waals surface area contributed by atoms with E-state index in [4.69, 9.17) is 0 Å². The molecule has 0 saturated heterocycles. The number of sulfone groups is 1. The molecule has 2 N–H and O–H groups in total. The maximum absolute atomic E-state index is 12.4. The van der Waals surface area contributed by atoms with Crippen LogP contribution in [0.4, 0.5) is 10.3 Å². The summed E-state index contributed by atoms with van der Waals surface area (Å²) < 4.78 is 24.9. The van der Waals surface area contributed by atoms with Crippen LogP contribution in [0.15, 0.2) is 0 Å². The summed E-state index contributed by atoms with van der Waals surface area (Å²) >= 11 is 2.35. The van der Waals surface area contributed by atoms with E-state index in [0.29, 0.717) is 33.1 Å². The van der Waals surface area contributed by atoms with Gasteiger partial charge in [0, 0.05) is 25.7 Å². The second kappa shape index (κ2) is 11.0. The Hall–Kier alpha value is -1.99. The van der Waals surface area contributed by atoms with E-state index in [-0.39, 0.29) is 47.0 Å². The minimum Gasteiger partial charge on any atom is -0.301 e. The lowest BCUT2D eigenvalue weighted by Gasteiger charge is -2.16. The summed E-state index contributed by atoms with van der Waals surface area (Å²) in [4.78, 5) is 24.0. The van der Waals surface area contributed by atoms with Gasteiger partial charge in [0.15, 0.2) is 9.84 Å². The van der Waals surface area contributed by atoms with E-state index in [0.717, 1.165) is 0 Å². The van der Waals surface area contributed by atoms with Crippen molar-refractivity contribution >= 4 is 54.6 Å². The fourth-order valence-corrected chi connectivity index (χ4v) is 5.67. The van der Waals surface area contributed by atoms with Crippen molar-refractivity contribution in [2.45, 2.75) is 67.2 Å². The molecule has 0 spiro atoms. The molecule has 10 nitrogen and oxygen atoms in total. The number of amides is 2. The van der Waals surface area contributed by atoms with Crippen LogP contribution in [0.5, 0.6) is 0 Å². The van der Waals surface area contributed by atoms with Crippen molar-refractivity contribution in [3.8, 4) is 0 Å². The quantitative estimate of drug-likeness (QED) is 0.489. The number of hydrogen-bond donors (Lipinski definition) is 2. The maximum atomic E-state index is 12.4. The molecule has 0 fully saturated rings. The van der Waals surface area contributed by atoms with Crippen molar-refractivity contribution in [2.24, 2.45) is 10.8 Å². The Balaban J connectivity index is 1.80. The van der Waals surface area contributed by atoms with Crippen LogP contribution in [0.2, 0.25) is 0 Å². The Labute approximate surface area is 202 Å². The zero-order valence-corrected chi connectivity index (χ0v) is 22.3. The van der Waals surface area contributed by atoms with Gasteiger partial charge in [-0.25, -0.2) is 8.42 Å². The minimum absolute atomic E-state index is 0.0778. The molecule has 0 saturated carbocycles. The average Bonchev–Trinajstić information content (AvgIpc) is 3.24. The van der Waals surface area contributed by atoms with Crippen molar-refractivity contribution in [1.29, 1.82) is 0 Å². The van der Waals surface area contributed by atoms with Gasteiger partial charge in [0.2, 0.25) is 22.1 Å². The standard InChI is InChI=1S/C20H32N6O4S3/c1-19(2,3)11-13(27)21-17-25-23-15(31-17)7-9-33(29,30)10-8-16-24-26-18(32-16)22-14(28)12-20(4,5)6/h7-12H2,1-6H3,(H,21,25,27)(H,22,26,28). The lowest BCUT2D eigenvalue weighted by Crippen LogP contribution is -2.19. The van der Waals surface area contributed by atoms with Crippen LogP contribution in [0.1, 0.15) is 64.4 Å². The lowest BCUT2D eigenvalue weighted by atomic mass is 9.92. The molecule has 2 amide bonds. The van der Waals surface area contributed by atoms with Gasteiger partial charge in [-0.2, -0.15) is 0 Å². The third-order valence-corrected chi connectivity index (χ3v) is 7.51. The smallest absolute Gasteiger partial charge is 0.226 e. The van der Waals surface area contributed by atoms with Gasteiger partial charge < -0.3 is 10.6 Å². The number of carbonyl (C=O) groups is 2. The Morgan fingerprint density at radius 1 is 0.727 bits per heavy atom. The average molecular weight is 517 g/mol. The normalized spacial score (nSPS) is 12.5. The van der Waals surface area contributed by atoms with E-state index in [2.05, 4.69) is 31.0 Å². The highest BCUT2D eigenvalue weighted by atomic mass is 32.2. The van der Waals surface area contributed by atoms with E-state index in [1.807, 2.05) is 41.5 Å². The molecular weight excluding hydrogens is 484 g/mol. The van der Waals surface area contributed by atoms with Crippen LogP contribution < -0.4 is 10.6 Å². The molecular formula is C20H32N6O4S3. The lowest BCUT2D eigenvalue weighted by molar-refractivity contribution is -0.118. The number of anilines is 2. The van der Waals surface area contributed by atoms with E-state index in [9.17, 15) is 18.0 Å². The SMILES string of the molecule is CC(C)(C)CC(=O)Nc1nnc(CCS(=O)(=O)CCc2nnc(NC(=O)CC(C)(C)C)s2)s1. The highest BCUT2D eigenvalue weighted by Crippen LogP contribution is 2.23. The zero-order valence-electron chi connectivity index (χ0n) is 19.9. The molecule has 2 aromatic rings. The highest BCUT2D eigenvalue weighted by Gasteiger charge is 2.20. The fraction of sp³-hybridized carbons (Fsp3) is 0.700. The molecule has 2 heterocycles. The summed E-state index contributed by atoms with van der Waals surface area (Å²) in [6, 6.07) is 0. The van der Waals surface area contributed by atoms with Crippen LogP contribution in [0.3, 0.4) is 0 Å². The summed E-state index contributed by atoms with van der Waals surface area (Å²) in [5, 5.41) is 23.0. The van der Waals surface area contributed by atoms with Crippen molar-refractivity contribution in [3.05, 3.63) is 10.0 Å². The van der Waals surface area contributed by atoms with Crippen LogP contribution >= 0.6 is 22.7 Å². The molecule has 2 aromatic heterocycles. The first-order chi connectivity index (χ1) is 15.1. The summed E-state index contributed by atoms with van der Waals surface area (Å²) in [5.41, 5.74) is -0.283. The first-order valence-corrected chi connectivity index (χ1v) is 14.0. The topological polar surface area (TPSA) is 144 Å². The van der Waals surface area contributed by atoms with Crippen LogP contribution in [-0.4, -0.2) is 52.1 Å². The molecule has 0 aliphatic heterocycles. The summed E-state index contributed by atoms with van der Waals surface area (Å²) in [6.07, 6.45) is 1.15. The van der Waals surface area contributed by atoms with E-state index in [1.165, 1.54) is 22.7 Å². The molecule has 13 heteroatoms. The summed E-state index contributed by atoms with van der Waals surface area (Å²) in [7, 11) is -3.35. The molecule has 0 bridgehead atoms. The van der Waals surface area contributed by atoms with Crippen LogP contribution in [-0.2, 0) is 32.3 Å². The number of hydrogen-bond acceptors (Lipinski definition) is 10. The Bertz CT molecular complexity index is 986. The molecule has 184 valence electrons. The minimum atomic E-state index is -3.35. The number of rotatable bonds is 10. The fourth-order valence-electron chi connectivity index (χ4n) is 2.69. The summed E-state index contributed by atoms with van der Waals surface area (Å²) in [6.45, 7) is 11.8. The van der Waals surface area contributed by atoms with Gasteiger partial charge in [-0.05, 0) is 10.8 Å². The Morgan fingerprint density at radius 2 is 1.09 bits per heavy atom. The number of carbonyl (C=O) groups excluding carboxylic acids is 2. The van der Waals surface area contributed by atoms with Gasteiger partial charge in [0.1, 0.15) is 10.0 Å². The third kappa shape index (κ3) is 11.1. The highest BCUT2D eigenvalue weighted by molar-refractivity contribution is 7.91. The predicted molar refractivity (Wildman–Crippen MR) is 131 cm³/mol. The van der Waals surface area contributed by atoms with Gasteiger partial charge in [0.05, 0.1) is 11.5 Å². The largest absolute Gasteiger partial charge is 0.301 e. The second-order valence-electron chi connectivity index (χ2n) is 10.2.